The minimum absolute atomic E-state index is 0.330. The summed E-state index contributed by atoms with van der Waals surface area (Å²) in [5, 5.41) is 8.74. The topological polar surface area (TPSA) is 23.5 Å². The van der Waals surface area contributed by atoms with Gasteiger partial charge in [-0.2, -0.15) is 0 Å². The van der Waals surface area contributed by atoms with E-state index < -0.39 is 0 Å². The number of rotatable bonds is 4. The molecule has 0 heterocycles. The Morgan fingerprint density at radius 3 is 2.31 bits per heavy atom. The number of aliphatic hydroxyl groups excluding tert-OH is 1. The zero-order valence-corrected chi connectivity index (χ0v) is 8.84. The van der Waals surface area contributed by atoms with E-state index in [1.807, 2.05) is 0 Å². The van der Waals surface area contributed by atoms with Crippen molar-refractivity contribution in [3.8, 4) is 0 Å². The molecule has 0 atom stereocenters. The van der Waals surface area contributed by atoms with Crippen LogP contribution in [-0.2, 0) is 0 Å². The first-order valence-corrected chi connectivity index (χ1v) is 5.65. The molecule has 0 amide bonds. The van der Waals surface area contributed by atoms with Gasteiger partial charge in [0.15, 0.2) is 0 Å². The number of hydrogen-bond donors (Lipinski definition) is 1. The summed E-state index contributed by atoms with van der Waals surface area (Å²) in [6.07, 6.45) is 9.29. The van der Waals surface area contributed by atoms with Gasteiger partial charge < -0.3 is 10.0 Å². The van der Waals surface area contributed by atoms with Crippen molar-refractivity contribution >= 4 is 0 Å². The highest BCUT2D eigenvalue weighted by Gasteiger charge is 2.15. The standard InChI is InChI=1S/C11H23NO/c1-12(9-6-10-13)11-7-4-2-3-5-8-11/h11,13H,2-10H2,1H3. The molecule has 0 saturated heterocycles. The van der Waals surface area contributed by atoms with Gasteiger partial charge in [0.25, 0.3) is 0 Å². The Morgan fingerprint density at radius 1 is 1.15 bits per heavy atom. The number of aliphatic hydroxyl groups is 1. The first kappa shape index (κ1) is 11.0. The monoisotopic (exact) mass is 185 g/mol. The lowest BCUT2D eigenvalue weighted by Gasteiger charge is -2.26. The molecule has 0 aliphatic heterocycles. The molecule has 1 fully saturated rings. The molecule has 0 spiro atoms. The number of hydrogen-bond acceptors (Lipinski definition) is 2. The van der Waals surface area contributed by atoms with Gasteiger partial charge >= 0.3 is 0 Å². The van der Waals surface area contributed by atoms with Crippen LogP contribution in [0.25, 0.3) is 0 Å². The van der Waals surface area contributed by atoms with Crippen LogP contribution >= 0.6 is 0 Å². The molecule has 2 heteroatoms. The van der Waals surface area contributed by atoms with Gasteiger partial charge in [-0.15, -0.1) is 0 Å². The van der Waals surface area contributed by atoms with E-state index >= 15 is 0 Å². The summed E-state index contributed by atoms with van der Waals surface area (Å²) in [6, 6.07) is 0.786. The summed E-state index contributed by atoms with van der Waals surface area (Å²) in [7, 11) is 2.20. The predicted molar refractivity (Wildman–Crippen MR) is 55.8 cm³/mol. The minimum Gasteiger partial charge on any atom is -0.396 e. The highest BCUT2D eigenvalue weighted by Crippen LogP contribution is 2.20. The zero-order chi connectivity index (χ0) is 9.52. The maximum Gasteiger partial charge on any atom is 0.0443 e. The van der Waals surface area contributed by atoms with Crippen LogP contribution in [0.4, 0.5) is 0 Å². The zero-order valence-electron chi connectivity index (χ0n) is 8.84. The molecule has 0 aromatic carbocycles. The van der Waals surface area contributed by atoms with E-state index in [-0.39, 0.29) is 0 Å². The summed E-state index contributed by atoms with van der Waals surface area (Å²) >= 11 is 0. The quantitative estimate of drug-likeness (QED) is 0.677. The Labute approximate surface area is 81.9 Å². The van der Waals surface area contributed by atoms with Crippen LogP contribution in [0.2, 0.25) is 0 Å². The third kappa shape index (κ3) is 4.10. The fourth-order valence-electron chi connectivity index (χ4n) is 2.20. The summed E-state index contributed by atoms with van der Waals surface area (Å²) in [5.74, 6) is 0. The van der Waals surface area contributed by atoms with Gasteiger partial charge in [0.05, 0.1) is 0 Å². The summed E-state index contributed by atoms with van der Waals surface area (Å²) in [4.78, 5) is 2.43. The Kier molecular flexibility index (Phi) is 5.40. The summed E-state index contributed by atoms with van der Waals surface area (Å²) < 4.78 is 0. The predicted octanol–water partition coefficient (Wildman–Crippen LogP) is 2.02. The molecule has 1 aliphatic rings. The highest BCUT2D eigenvalue weighted by molar-refractivity contribution is 4.71. The average molecular weight is 185 g/mol. The van der Waals surface area contributed by atoms with Gasteiger partial charge in [-0.25, -0.2) is 0 Å². The molecule has 0 radical (unpaired) electrons. The Bertz CT molecular complexity index is 119. The van der Waals surface area contributed by atoms with E-state index in [4.69, 9.17) is 5.11 Å². The smallest absolute Gasteiger partial charge is 0.0443 e. The van der Waals surface area contributed by atoms with Crippen LogP contribution in [0.1, 0.15) is 44.9 Å². The highest BCUT2D eigenvalue weighted by atomic mass is 16.3. The Morgan fingerprint density at radius 2 is 1.77 bits per heavy atom. The van der Waals surface area contributed by atoms with Crippen LogP contribution in [0.3, 0.4) is 0 Å². The second-order valence-electron chi connectivity index (χ2n) is 4.20. The lowest BCUT2D eigenvalue weighted by atomic mass is 10.1. The van der Waals surface area contributed by atoms with Gasteiger partial charge in [0.1, 0.15) is 0 Å². The van der Waals surface area contributed by atoms with Gasteiger partial charge in [-0.1, -0.05) is 25.7 Å². The molecule has 0 aromatic rings. The van der Waals surface area contributed by atoms with Gasteiger partial charge in [-0.3, -0.25) is 0 Å². The Hall–Kier alpha value is -0.0800. The van der Waals surface area contributed by atoms with E-state index in [2.05, 4.69) is 11.9 Å². The van der Waals surface area contributed by atoms with Crippen molar-refractivity contribution in [2.75, 3.05) is 20.2 Å². The normalized spacial score (nSPS) is 20.5. The van der Waals surface area contributed by atoms with Crippen LogP contribution in [0.5, 0.6) is 0 Å². The first-order valence-electron chi connectivity index (χ1n) is 5.65. The molecule has 0 unspecified atom stereocenters. The molecule has 1 aliphatic carbocycles. The molecular formula is C11H23NO. The third-order valence-electron chi connectivity index (χ3n) is 3.12. The molecule has 0 bridgehead atoms. The van der Waals surface area contributed by atoms with Crippen LogP contribution in [0.15, 0.2) is 0 Å². The van der Waals surface area contributed by atoms with E-state index in [9.17, 15) is 0 Å². The molecule has 13 heavy (non-hydrogen) atoms. The molecule has 0 aromatic heterocycles. The van der Waals surface area contributed by atoms with Crippen molar-refractivity contribution in [2.45, 2.75) is 51.0 Å². The van der Waals surface area contributed by atoms with Crippen molar-refractivity contribution in [3.05, 3.63) is 0 Å². The van der Waals surface area contributed by atoms with Crippen molar-refractivity contribution in [1.29, 1.82) is 0 Å². The van der Waals surface area contributed by atoms with Crippen LogP contribution in [-0.4, -0.2) is 36.2 Å². The molecule has 1 rings (SSSR count). The third-order valence-corrected chi connectivity index (χ3v) is 3.12. The molecule has 1 N–H and O–H groups in total. The van der Waals surface area contributed by atoms with Gasteiger partial charge in [-0.05, 0) is 26.3 Å². The average Bonchev–Trinajstić information content (AvgIpc) is 2.42. The van der Waals surface area contributed by atoms with Crippen molar-refractivity contribution in [1.82, 2.24) is 4.90 Å². The minimum atomic E-state index is 0.330. The van der Waals surface area contributed by atoms with Crippen LogP contribution < -0.4 is 0 Å². The second kappa shape index (κ2) is 6.39. The van der Waals surface area contributed by atoms with Crippen molar-refractivity contribution in [2.24, 2.45) is 0 Å². The lowest BCUT2D eigenvalue weighted by molar-refractivity contribution is 0.193. The SMILES string of the molecule is CN(CCCO)C1CCCCCC1. The second-order valence-corrected chi connectivity index (χ2v) is 4.20. The van der Waals surface area contributed by atoms with E-state index in [1.165, 1.54) is 38.5 Å². The maximum atomic E-state index is 8.74. The van der Waals surface area contributed by atoms with E-state index in [0.29, 0.717) is 6.61 Å². The fourth-order valence-corrected chi connectivity index (χ4v) is 2.20. The molecular weight excluding hydrogens is 162 g/mol. The Balaban J connectivity index is 2.22. The molecule has 1 saturated carbocycles. The first-order chi connectivity index (χ1) is 6.34. The van der Waals surface area contributed by atoms with E-state index in [0.717, 1.165) is 19.0 Å². The van der Waals surface area contributed by atoms with E-state index in [1.54, 1.807) is 0 Å². The van der Waals surface area contributed by atoms with Crippen molar-refractivity contribution in [3.63, 3.8) is 0 Å². The van der Waals surface area contributed by atoms with Crippen molar-refractivity contribution < 1.29 is 5.11 Å². The summed E-state index contributed by atoms with van der Waals surface area (Å²) in [6.45, 7) is 1.39. The molecule has 78 valence electrons. The maximum absolute atomic E-state index is 8.74. The van der Waals surface area contributed by atoms with Gasteiger partial charge in [0, 0.05) is 19.2 Å². The summed E-state index contributed by atoms with van der Waals surface area (Å²) in [5.41, 5.74) is 0. The molecule has 2 nitrogen and oxygen atoms in total. The van der Waals surface area contributed by atoms with Crippen LogP contribution in [0, 0.1) is 0 Å². The fraction of sp³-hybridized carbons (Fsp3) is 1.00. The van der Waals surface area contributed by atoms with Gasteiger partial charge in [0.2, 0.25) is 0 Å². The largest absolute Gasteiger partial charge is 0.396 e. The number of nitrogens with zero attached hydrogens (tertiary/aromatic N) is 1. The lowest BCUT2D eigenvalue weighted by Crippen LogP contribution is -2.32.